The van der Waals surface area contributed by atoms with Crippen LogP contribution in [0.5, 0.6) is 17.2 Å². The van der Waals surface area contributed by atoms with Crippen LogP contribution < -0.4 is 14.9 Å². The Kier molecular flexibility index (Phi) is 6.86. The monoisotopic (exact) mass is 454 g/mol. The van der Waals surface area contributed by atoms with Gasteiger partial charge < -0.3 is 14.6 Å². The van der Waals surface area contributed by atoms with Crippen molar-refractivity contribution in [3.05, 3.63) is 87.9 Å². The third-order valence-corrected chi connectivity index (χ3v) is 4.55. The van der Waals surface area contributed by atoms with Crippen LogP contribution in [0.25, 0.3) is 0 Å². The first-order valence-electron chi connectivity index (χ1n) is 8.73. The van der Waals surface area contributed by atoms with E-state index in [9.17, 15) is 9.90 Å². The molecule has 0 aromatic heterocycles. The fourth-order valence-electron chi connectivity index (χ4n) is 2.52. The summed E-state index contributed by atoms with van der Waals surface area (Å²) in [6.07, 6.45) is 1.49. The average Bonchev–Trinajstić information content (AvgIpc) is 2.74. The third-order valence-electron chi connectivity index (χ3n) is 4.02. The molecule has 0 bridgehead atoms. The molecule has 0 spiro atoms. The molecule has 0 heterocycles. The highest BCUT2D eigenvalue weighted by Gasteiger charge is 2.09. The molecule has 0 saturated heterocycles. The first kappa shape index (κ1) is 20.4. The molecule has 3 rings (SSSR count). The number of amides is 1. The first-order valence-corrected chi connectivity index (χ1v) is 9.53. The first-order chi connectivity index (χ1) is 14.1. The number of nitrogens with zero attached hydrogens (tertiary/aromatic N) is 1. The molecule has 0 aliphatic carbocycles. The van der Waals surface area contributed by atoms with Gasteiger partial charge in [0.15, 0.2) is 11.5 Å². The van der Waals surface area contributed by atoms with Crippen LogP contribution >= 0.6 is 15.9 Å². The minimum absolute atomic E-state index is 0.103. The maximum Gasteiger partial charge on any atom is 0.275 e. The van der Waals surface area contributed by atoms with E-state index in [-0.39, 0.29) is 11.3 Å². The molecule has 29 heavy (non-hydrogen) atoms. The number of rotatable bonds is 7. The molecular formula is C22H19BrN2O4. The average molecular weight is 455 g/mol. The van der Waals surface area contributed by atoms with Gasteiger partial charge in [0, 0.05) is 4.47 Å². The number of aromatic hydroxyl groups is 1. The predicted molar refractivity (Wildman–Crippen MR) is 115 cm³/mol. The molecule has 0 aliphatic rings. The minimum atomic E-state index is -0.499. The Morgan fingerprint density at radius 1 is 1.10 bits per heavy atom. The maximum absolute atomic E-state index is 12.0. The van der Waals surface area contributed by atoms with Crippen LogP contribution in [-0.2, 0) is 6.61 Å². The molecule has 6 nitrogen and oxygen atoms in total. The Hall–Kier alpha value is -3.32. The largest absolute Gasteiger partial charge is 0.507 e. The second-order valence-corrected chi connectivity index (χ2v) is 6.96. The zero-order valence-corrected chi connectivity index (χ0v) is 17.2. The smallest absolute Gasteiger partial charge is 0.275 e. The Bertz CT molecular complexity index is 1020. The van der Waals surface area contributed by atoms with Crippen LogP contribution in [0.2, 0.25) is 0 Å². The molecule has 0 aliphatic heterocycles. The number of hydrogen-bond donors (Lipinski definition) is 2. The van der Waals surface area contributed by atoms with E-state index in [1.54, 1.807) is 37.4 Å². The van der Waals surface area contributed by atoms with Crippen LogP contribution in [-0.4, -0.2) is 24.3 Å². The normalized spacial score (nSPS) is 10.7. The molecule has 3 aromatic rings. The van der Waals surface area contributed by atoms with Crippen molar-refractivity contribution in [2.75, 3.05) is 7.11 Å². The summed E-state index contributed by atoms with van der Waals surface area (Å²) in [5, 5.41) is 13.6. The van der Waals surface area contributed by atoms with Gasteiger partial charge in [-0.25, -0.2) is 5.43 Å². The van der Waals surface area contributed by atoms with Crippen LogP contribution in [0.4, 0.5) is 0 Å². The highest BCUT2D eigenvalue weighted by molar-refractivity contribution is 9.10. The summed E-state index contributed by atoms with van der Waals surface area (Å²) in [6, 6.07) is 19.5. The van der Waals surface area contributed by atoms with E-state index in [4.69, 9.17) is 9.47 Å². The summed E-state index contributed by atoms with van der Waals surface area (Å²) in [7, 11) is 1.56. The number of nitrogens with one attached hydrogen (secondary N) is 1. The topological polar surface area (TPSA) is 80.2 Å². The molecule has 0 fully saturated rings. The van der Waals surface area contributed by atoms with Crippen LogP contribution in [0.15, 0.2) is 76.3 Å². The van der Waals surface area contributed by atoms with Crippen molar-refractivity contribution in [1.82, 2.24) is 5.43 Å². The lowest BCUT2D eigenvalue weighted by atomic mass is 10.2. The van der Waals surface area contributed by atoms with E-state index in [0.29, 0.717) is 18.1 Å². The molecule has 3 aromatic carbocycles. The molecule has 2 N–H and O–H groups in total. The fraction of sp³-hybridized carbons (Fsp3) is 0.0909. The lowest BCUT2D eigenvalue weighted by Crippen LogP contribution is -2.17. The summed E-state index contributed by atoms with van der Waals surface area (Å²) < 4.78 is 12.2. The molecule has 148 valence electrons. The molecule has 1 amide bonds. The van der Waals surface area contributed by atoms with Gasteiger partial charge in [-0.2, -0.15) is 5.10 Å². The van der Waals surface area contributed by atoms with Crippen molar-refractivity contribution in [3.63, 3.8) is 0 Å². The van der Waals surface area contributed by atoms with E-state index in [1.807, 2.05) is 24.3 Å². The van der Waals surface area contributed by atoms with Gasteiger partial charge in [-0.15, -0.1) is 0 Å². The second-order valence-electron chi connectivity index (χ2n) is 6.04. The van der Waals surface area contributed by atoms with Crippen molar-refractivity contribution >= 4 is 28.1 Å². The standard InChI is InChI=1S/C22H19BrN2O4/c1-28-21-12-16(13-24-25-22(27)18-4-2-3-5-19(18)26)8-11-20(21)29-14-15-6-9-17(23)10-7-15/h2-13,26H,14H2,1H3,(H,25,27)/b24-13-. The van der Waals surface area contributed by atoms with Gasteiger partial charge in [0.1, 0.15) is 12.4 Å². The predicted octanol–water partition coefficient (Wildman–Crippen LogP) is 4.51. The second kappa shape index (κ2) is 9.75. The summed E-state index contributed by atoms with van der Waals surface area (Å²) in [4.78, 5) is 12.0. The Morgan fingerprint density at radius 3 is 2.59 bits per heavy atom. The molecule has 7 heteroatoms. The van der Waals surface area contributed by atoms with Crippen molar-refractivity contribution in [2.24, 2.45) is 5.10 Å². The number of hydrogen-bond acceptors (Lipinski definition) is 5. The van der Waals surface area contributed by atoms with Gasteiger partial charge in [0.2, 0.25) is 0 Å². The van der Waals surface area contributed by atoms with Crippen molar-refractivity contribution < 1.29 is 19.4 Å². The Morgan fingerprint density at radius 2 is 1.86 bits per heavy atom. The summed E-state index contributed by atoms with van der Waals surface area (Å²) >= 11 is 3.41. The number of phenolic OH excluding ortho intramolecular Hbond substituents is 1. The molecule has 0 radical (unpaired) electrons. The van der Waals surface area contributed by atoms with Crippen molar-refractivity contribution in [2.45, 2.75) is 6.61 Å². The van der Waals surface area contributed by atoms with Gasteiger partial charge in [-0.1, -0.05) is 40.2 Å². The summed E-state index contributed by atoms with van der Waals surface area (Å²) in [6.45, 7) is 0.410. The number of hydrazone groups is 1. The summed E-state index contributed by atoms with van der Waals surface area (Å²) in [5.74, 6) is 0.554. The number of phenols is 1. The van der Waals surface area contributed by atoms with E-state index in [0.717, 1.165) is 15.6 Å². The SMILES string of the molecule is COc1cc(/C=N\NC(=O)c2ccccc2O)ccc1OCc1ccc(Br)cc1. The Balaban J connectivity index is 1.63. The number of ether oxygens (including phenoxy) is 2. The molecule has 0 atom stereocenters. The highest BCUT2D eigenvalue weighted by Crippen LogP contribution is 2.28. The number of methoxy groups -OCH3 is 1. The zero-order valence-electron chi connectivity index (χ0n) is 15.6. The van der Waals surface area contributed by atoms with Gasteiger partial charge in [-0.05, 0) is 53.6 Å². The molecule has 0 saturated carbocycles. The van der Waals surface area contributed by atoms with E-state index in [2.05, 4.69) is 26.5 Å². The van der Waals surface area contributed by atoms with E-state index < -0.39 is 5.91 Å². The van der Waals surface area contributed by atoms with Crippen molar-refractivity contribution in [3.8, 4) is 17.2 Å². The van der Waals surface area contributed by atoms with Gasteiger partial charge in [0.25, 0.3) is 5.91 Å². The third kappa shape index (κ3) is 5.58. The number of para-hydroxylation sites is 1. The Labute approximate surface area is 176 Å². The number of carbonyl (C=O) groups excluding carboxylic acids is 1. The fourth-order valence-corrected chi connectivity index (χ4v) is 2.78. The minimum Gasteiger partial charge on any atom is -0.507 e. The number of benzene rings is 3. The van der Waals surface area contributed by atoms with Gasteiger partial charge in [0.05, 0.1) is 18.9 Å². The van der Waals surface area contributed by atoms with Crippen LogP contribution in [0.1, 0.15) is 21.5 Å². The van der Waals surface area contributed by atoms with E-state index in [1.165, 1.54) is 18.3 Å². The molecule has 0 unspecified atom stereocenters. The zero-order chi connectivity index (χ0) is 20.6. The van der Waals surface area contributed by atoms with E-state index >= 15 is 0 Å². The van der Waals surface area contributed by atoms with Gasteiger partial charge >= 0.3 is 0 Å². The maximum atomic E-state index is 12.0. The van der Waals surface area contributed by atoms with Gasteiger partial charge in [-0.3, -0.25) is 4.79 Å². The number of halogens is 1. The molecular weight excluding hydrogens is 436 g/mol. The van der Waals surface area contributed by atoms with Crippen LogP contribution in [0, 0.1) is 0 Å². The lowest BCUT2D eigenvalue weighted by molar-refractivity contribution is 0.0952. The quantitative estimate of drug-likeness (QED) is 0.406. The summed E-state index contributed by atoms with van der Waals surface area (Å²) in [5.41, 5.74) is 4.29. The lowest BCUT2D eigenvalue weighted by Gasteiger charge is -2.11. The number of carbonyl (C=O) groups is 1. The van der Waals surface area contributed by atoms with Crippen molar-refractivity contribution in [1.29, 1.82) is 0 Å². The highest BCUT2D eigenvalue weighted by atomic mass is 79.9. The van der Waals surface area contributed by atoms with Crippen LogP contribution in [0.3, 0.4) is 0 Å².